The Labute approximate surface area is 198 Å². The van der Waals surface area contributed by atoms with Crippen molar-refractivity contribution in [2.75, 3.05) is 50.6 Å². The molecule has 1 aliphatic rings. The predicted molar refractivity (Wildman–Crippen MR) is 125 cm³/mol. The van der Waals surface area contributed by atoms with Crippen molar-refractivity contribution in [2.45, 2.75) is 0 Å². The van der Waals surface area contributed by atoms with Crippen molar-refractivity contribution >= 4 is 39.8 Å². The van der Waals surface area contributed by atoms with E-state index in [1.54, 1.807) is 25.2 Å². The number of urea groups is 1. The Balaban J connectivity index is 1.47. The van der Waals surface area contributed by atoms with Gasteiger partial charge in [0.15, 0.2) is 11.5 Å². The number of ether oxygens (including phenoxy) is 2. The van der Waals surface area contributed by atoms with Crippen LogP contribution in [0.1, 0.15) is 0 Å². The fourth-order valence-electron chi connectivity index (χ4n) is 3.85. The Morgan fingerprint density at radius 3 is 2.23 bits per heavy atom. The van der Waals surface area contributed by atoms with E-state index in [9.17, 15) is 25.0 Å². The molecule has 2 amide bonds. The zero-order chi connectivity index (χ0) is 25.1. The molecule has 1 aromatic heterocycles. The molecule has 0 radical (unpaired) electrons. The highest BCUT2D eigenvalue weighted by atomic mass is 16.6. The number of nitro benzene ring substituents is 2. The second-order valence-electron chi connectivity index (χ2n) is 7.54. The minimum atomic E-state index is -0.858. The van der Waals surface area contributed by atoms with Gasteiger partial charge in [-0.1, -0.05) is 0 Å². The summed E-state index contributed by atoms with van der Waals surface area (Å²) < 4.78 is 10.7. The summed E-state index contributed by atoms with van der Waals surface area (Å²) in [5.74, 6) is 1.80. The van der Waals surface area contributed by atoms with Gasteiger partial charge < -0.3 is 24.6 Å². The van der Waals surface area contributed by atoms with E-state index in [1.807, 2.05) is 11.0 Å². The van der Waals surface area contributed by atoms with Crippen molar-refractivity contribution in [1.82, 2.24) is 14.9 Å². The van der Waals surface area contributed by atoms with Crippen LogP contribution >= 0.6 is 0 Å². The highest BCUT2D eigenvalue weighted by molar-refractivity contribution is 5.93. The number of methoxy groups -OCH3 is 2. The summed E-state index contributed by atoms with van der Waals surface area (Å²) in [4.78, 5) is 45.5. The van der Waals surface area contributed by atoms with Crippen molar-refractivity contribution in [3.8, 4) is 11.5 Å². The van der Waals surface area contributed by atoms with Gasteiger partial charge >= 0.3 is 17.4 Å². The van der Waals surface area contributed by atoms with Gasteiger partial charge in [-0.2, -0.15) is 0 Å². The number of nitrogens with zero attached hydrogens (tertiary/aromatic N) is 6. The lowest BCUT2D eigenvalue weighted by molar-refractivity contribution is -0.422. The molecule has 0 spiro atoms. The first-order chi connectivity index (χ1) is 16.8. The Kier molecular flexibility index (Phi) is 6.44. The number of carbonyl (C=O) groups excluding carboxylic acids is 1. The Morgan fingerprint density at radius 2 is 1.60 bits per heavy atom. The molecular weight excluding hydrogens is 462 g/mol. The van der Waals surface area contributed by atoms with Crippen LogP contribution in [0.5, 0.6) is 11.5 Å². The maximum Gasteiger partial charge on any atom is 0.348 e. The summed E-state index contributed by atoms with van der Waals surface area (Å²) >= 11 is 0. The molecule has 0 bridgehead atoms. The zero-order valence-corrected chi connectivity index (χ0v) is 18.8. The molecule has 1 saturated heterocycles. The van der Waals surface area contributed by atoms with Crippen LogP contribution in [0.15, 0.2) is 36.7 Å². The van der Waals surface area contributed by atoms with Crippen LogP contribution in [-0.2, 0) is 0 Å². The molecular formula is C21H21N7O7. The van der Waals surface area contributed by atoms with E-state index in [4.69, 9.17) is 9.47 Å². The molecule has 14 nitrogen and oxygen atoms in total. The highest BCUT2D eigenvalue weighted by Crippen LogP contribution is 2.35. The van der Waals surface area contributed by atoms with Crippen molar-refractivity contribution in [1.29, 1.82) is 0 Å². The topological polar surface area (TPSA) is 166 Å². The summed E-state index contributed by atoms with van der Waals surface area (Å²) in [7, 11) is 3.09. The van der Waals surface area contributed by atoms with Gasteiger partial charge in [0.1, 0.15) is 12.1 Å². The zero-order valence-electron chi connectivity index (χ0n) is 18.8. The minimum Gasteiger partial charge on any atom is -0.493 e. The first kappa shape index (κ1) is 23.4. The van der Waals surface area contributed by atoms with Crippen molar-refractivity contribution in [3.05, 3.63) is 56.9 Å². The van der Waals surface area contributed by atoms with Crippen LogP contribution in [-0.4, -0.2) is 71.1 Å². The Bertz CT molecular complexity index is 1310. The van der Waals surface area contributed by atoms with Gasteiger partial charge in [-0.25, -0.2) is 14.8 Å². The van der Waals surface area contributed by atoms with Gasteiger partial charge in [-0.3, -0.25) is 20.2 Å². The van der Waals surface area contributed by atoms with Gasteiger partial charge in [0.2, 0.25) is 0 Å². The molecule has 1 fully saturated rings. The minimum absolute atomic E-state index is 0.0950. The molecule has 4 rings (SSSR count). The van der Waals surface area contributed by atoms with E-state index in [0.717, 1.165) is 17.5 Å². The van der Waals surface area contributed by atoms with Crippen LogP contribution in [0.4, 0.5) is 27.7 Å². The van der Waals surface area contributed by atoms with Crippen molar-refractivity contribution in [3.63, 3.8) is 0 Å². The summed E-state index contributed by atoms with van der Waals surface area (Å²) in [5, 5.41) is 25.5. The lowest BCUT2D eigenvalue weighted by Gasteiger charge is -2.35. The molecule has 1 N–H and O–H groups in total. The van der Waals surface area contributed by atoms with E-state index in [-0.39, 0.29) is 5.69 Å². The molecule has 0 unspecified atom stereocenters. The SMILES string of the molecule is COc1cc2ncnc(N3CCN(C(=O)Nc4ccc([N+](=O)[O-])c([N+](=O)[O-])c4)CC3)c2cc1OC. The number of amides is 2. The van der Waals surface area contributed by atoms with Gasteiger partial charge in [0, 0.05) is 55.5 Å². The number of fused-ring (bicyclic) bond motifs is 1. The van der Waals surface area contributed by atoms with Crippen LogP contribution in [0, 0.1) is 20.2 Å². The quantitative estimate of drug-likeness (QED) is 0.407. The second kappa shape index (κ2) is 9.62. The molecule has 1 aliphatic heterocycles. The molecule has 0 saturated carbocycles. The third-order valence-electron chi connectivity index (χ3n) is 5.61. The molecule has 35 heavy (non-hydrogen) atoms. The predicted octanol–water partition coefficient (Wildman–Crippen LogP) is 2.82. The largest absolute Gasteiger partial charge is 0.493 e. The fraction of sp³-hybridized carbons (Fsp3) is 0.286. The summed E-state index contributed by atoms with van der Waals surface area (Å²) in [5.41, 5.74) is -0.557. The number of hydrogen-bond donors (Lipinski definition) is 1. The van der Waals surface area contributed by atoms with Gasteiger partial charge in [-0.05, 0) is 12.1 Å². The van der Waals surface area contributed by atoms with E-state index in [2.05, 4.69) is 15.3 Å². The third kappa shape index (κ3) is 4.66. The molecule has 0 aliphatic carbocycles. The summed E-state index contributed by atoms with van der Waals surface area (Å²) in [6, 6.07) is 6.34. The average Bonchev–Trinajstić information content (AvgIpc) is 2.87. The third-order valence-corrected chi connectivity index (χ3v) is 5.61. The summed E-state index contributed by atoms with van der Waals surface area (Å²) in [6.07, 6.45) is 1.46. The van der Waals surface area contributed by atoms with E-state index >= 15 is 0 Å². The Morgan fingerprint density at radius 1 is 0.943 bits per heavy atom. The standard InChI is InChI=1S/C21H21N7O7/c1-34-18-10-14-15(11-19(18)35-2)22-12-23-20(14)25-5-7-26(8-6-25)21(29)24-13-3-4-16(27(30)31)17(9-13)28(32)33/h3-4,9-12H,5-8H2,1-2H3,(H,24,29). The first-order valence-corrected chi connectivity index (χ1v) is 10.4. The number of aromatic nitrogens is 2. The van der Waals surface area contributed by atoms with Gasteiger partial charge in [-0.15, -0.1) is 0 Å². The van der Waals surface area contributed by atoms with Crippen molar-refractivity contribution < 1.29 is 24.1 Å². The monoisotopic (exact) mass is 483 g/mol. The normalized spacial score (nSPS) is 13.4. The fourth-order valence-corrected chi connectivity index (χ4v) is 3.85. The van der Waals surface area contributed by atoms with Crippen LogP contribution in [0.2, 0.25) is 0 Å². The Hall–Kier alpha value is -4.75. The van der Waals surface area contributed by atoms with Crippen molar-refractivity contribution in [2.24, 2.45) is 0 Å². The number of nitrogens with one attached hydrogen (secondary N) is 1. The van der Waals surface area contributed by atoms with Crippen LogP contribution in [0.3, 0.4) is 0 Å². The number of benzene rings is 2. The smallest absolute Gasteiger partial charge is 0.348 e. The number of piperazine rings is 1. The first-order valence-electron chi connectivity index (χ1n) is 10.4. The number of carbonyl (C=O) groups is 1. The second-order valence-corrected chi connectivity index (χ2v) is 7.54. The lowest BCUT2D eigenvalue weighted by atomic mass is 10.2. The molecule has 0 atom stereocenters. The highest BCUT2D eigenvalue weighted by Gasteiger charge is 2.27. The number of nitro groups is 2. The van der Waals surface area contributed by atoms with Crippen LogP contribution in [0.25, 0.3) is 10.9 Å². The number of anilines is 2. The number of hydrogen-bond acceptors (Lipinski definition) is 10. The molecule has 182 valence electrons. The summed E-state index contributed by atoms with van der Waals surface area (Å²) in [6.45, 7) is 1.68. The van der Waals surface area contributed by atoms with Gasteiger partial charge in [0.05, 0.1) is 29.6 Å². The van der Waals surface area contributed by atoms with E-state index in [1.165, 1.54) is 12.4 Å². The van der Waals surface area contributed by atoms with Gasteiger partial charge in [0.25, 0.3) is 0 Å². The lowest BCUT2D eigenvalue weighted by Crippen LogP contribution is -2.50. The maximum absolute atomic E-state index is 12.7. The average molecular weight is 483 g/mol. The molecule has 3 aromatic rings. The van der Waals surface area contributed by atoms with Crippen LogP contribution < -0.4 is 19.7 Å². The number of rotatable bonds is 6. The van der Waals surface area contributed by atoms with E-state index in [0.29, 0.717) is 49.0 Å². The maximum atomic E-state index is 12.7. The molecule has 2 heterocycles. The van der Waals surface area contributed by atoms with E-state index < -0.39 is 27.3 Å². The molecule has 14 heteroatoms. The molecule has 2 aromatic carbocycles.